The van der Waals surface area contributed by atoms with Crippen molar-refractivity contribution in [3.63, 3.8) is 0 Å². The van der Waals surface area contributed by atoms with Crippen molar-refractivity contribution in [2.45, 2.75) is 4.90 Å². The Hall–Kier alpha value is -2.09. The zero-order chi connectivity index (χ0) is 14.7. The molecule has 0 saturated carbocycles. The fraction of sp³-hybridized carbons (Fsp3) is 0.0588. The van der Waals surface area contributed by atoms with E-state index in [1.165, 1.54) is 0 Å². The number of nitriles is 1. The Morgan fingerprint density at radius 1 is 1.14 bits per heavy atom. The third-order valence-corrected chi connectivity index (χ3v) is 4.78. The van der Waals surface area contributed by atoms with Crippen molar-refractivity contribution in [1.29, 1.82) is 5.26 Å². The van der Waals surface area contributed by atoms with E-state index in [0.29, 0.717) is 5.56 Å². The van der Waals surface area contributed by atoms with Gasteiger partial charge in [-0.1, -0.05) is 36.4 Å². The van der Waals surface area contributed by atoms with Gasteiger partial charge in [-0.15, -0.1) is 23.1 Å². The van der Waals surface area contributed by atoms with Gasteiger partial charge < -0.3 is 0 Å². The molecule has 0 saturated heterocycles. The predicted octanol–water partition coefficient (Wildman–Crippen LogP) is 5.07. The number of thioether (sulfide) groups is 1. The number of hydrogen-bond donors (Lipinski definition) is 0. The van der Waals surface area contributed by atoms with Crippen LogP contribution < -0.4 is 0 Å². The predicted molar refractivity (Wildman–Crippen MR) is 89.5 cm³/mol. The topological polar surface area (TPSA) is 36.7 Å². The first kappa shape index (κ1) is 13.9. The molecule has 21 heavy (non-hydrogen) atoms. The van der Waals surface area contributed by atoms with Crippen LogP contribution in [0, 0.1) is 11.3 Å². The summed E-state index contributed by atoms with van der Waals surface area (Å²) in [4.78, 5) is 6.73. The van der Waals surface area contributed by atoms with Crippen LogP contribution in [0.25, 0.3) is 21.8 Å². The first-order valence-electron chi connectivity index (χ1n) is 6.42. The Morgan fingerprint density at radius 2 is 1.95 bits per heavy atom. The first-order chi connectivity index (χ1) is 10.3. The highest BCUT2D eigenvalue weighted by molar-refractivity contribution is 7.98. The molecule has 1 aromatic carbocycles. The van der Waals surface area contributed by atoms with Crippen LogP contribution >= 0.6 is 23.1 Å². The Balaban J connectivity index is 2.26. The van der Waals surface area contributed by atoms with Crippen molar-refractivity contribution in [3.8, 4) is 27.9 Å². The fourth-order valence-corrected chi connectivity index (χ4v) is 3.44. The summed E-state index contributed by atoms with van der Waals surface area (Å²) in [6.45, 7) is 0. The maximum atomic E-state index is 9.49. The fourth-order valence-electron chi connectivity index (χ4n) is 2.14. The van der Waals surface area contributed by atoms with Gasteiger partial charge in [-0.25, -0.2) is 4.98 Å². The number of hydrogen-bond acceptors (Lipinski definition) is 4. The van der Waals surface area contributed by atoms with Gasteiger partial charge in [0.25, 0.3) is 0 Å². The van der Waals surface area contributed by atoms with Crippen molar-refractivity contribution in [3.05, 3.63) is 59.5 Å². The Kier molecular flexibility index (Phi) is 4.05. The van der Waals surface area contributed by atoms with E-state index in [1.54, 1.807) is 23.1 Å². The Morgan fingerprint density at radius 3 is 2.57 bits per heavy atom. The number of benzene rings is 1. The highest BCUT2D eigenvalue weighted by Gasteiger charge is 2.15. The average Bonchev–Trinajstić information content (AvgIpc) is 3.08. The summed E-state index contributed by atoms with van der Waals surface area (Å²) in [5, 5.41) is 11.5. The minimum Gasteiger partial charge on any atom is -0.245 e. The van der Waals surface area contributed by atoms with Crippen molar-refractivity contribution >= 4 is 23.1 Å². The number of pyridine rings is 1. The normalized spacial score (nSPS) is 10.3. The lowest BCUT2D eigenvalue weighted by Crippen LogP contribution is -1.94. The maximum absolute atomic E-state index is 9.49. The molecule has 3 aromatic rings. The van der Waals surface area contributed by atoms with Crippen molar-refractivity contribution in [2.24, 2.45) is 0 Å². The molecule has 0 aliphatic carbocycles. The van der Waals surface area contributed by atoms with E-state index in [1.807, 2.05) is 60.2 Å². The molecule has 2 aromatic heterocycles. The van der Waals surface area contributed by atoms with Crippen LogP contribution in [0.3, 0.4) is 0 Å². The summed E-state index contributed by atoms with van der Waals surface area (Å²) in [5.41, 5.74) is 3.40. The average molecular weight is 308 g/mol. The van der Waals surface area contributed by atoms with Gasteiger partial charge in [0.05, 0.1) is 21.8 Å². The lowest BCUT2D eigenvalue weighted by molar-refractivity contribution is 1.24. The van der Waals surface area contributed by atoms with Crippen LogP contribution in [0.15, 0.2) is 58.8 Å². The maximum Gasteiger partial charge on any atom is 0.103 e. The smallest absolute Gasteiger partial charge is 0.103 e. The van der Waals surface area contributed by atoms with Crippen LogP contribution in [0.1, 0.15) is 5.56 Å². The highest BCUT2D eigenvalue weighted by atomic mass is 32.2. The van der Waals surface area contributed by atoms with E-state index in [4.69, 9.17) is 4.98 Å². The SMILES string of the molecule is CSc1cc(-c2ccccc2)nc(-c2cccs2)c1C#N. The standard InChI is InChI=1S/C17H12N2S2/c1-20-16-10-14(12-6-3-2-4-7-12)19-17(13(16)11-18)15-8-5-9-21-15/h2-10H,1H3. The quantitative estimate of drug-likeness (QED) is 0.634. The van der Waals surface area contributed by atoms with Crippen LogP contribution in [0.4, 0.5) is 0 Å². The third kappa shape index (κ3) is 2.71. The summed E-state index contributed by atoms with van der Waals surface area (Å²) >= 11 is 3.19. The molecule has 4 heteroatoms. The summed E-state index contributed by atoms with van der Waals surface area (Å²) in [5.74, 6) is 0. The van der Waals surface area contributed by atoms with Crippen LogP contribution in [0.5, 0.6) is 0 Å². The molecular weight excluding hydrogens is 296 g/mol. The van der Waals surface area contributed by atoms with Crippen molar-refractivity contribution in [2.75, 3.05) is 6.26 Å². The molecule has 102 valence electrons. The molecule has 0 aliphatic heterocycles. The second-order valence-corrected chi connectivity index (χ2v) is 6.18. The lowest BCUT2D eigenvalue weighted by Gasteiger charge is -2.10. The monoisotopic (exact) mass is 308 g/mol. The van der Waals surface area contributed by atoms with Gasteiger partial charge in [-0.05, 0) is 23.8 Å². The molecule has 0 bridgehead atoms. The van der Waals surface area contributed by atoms with E-state index in [0.717, 1.165) is 26.7 Å². The zero-order valence-corrected chi connectivity index (χ0v) is 13.0. The largest absolute Gasteiger partial charge is 0.245 e. The van der Waals surface area contributed by atoms with E-state index in [-0.39, 0.29) is 0 Å². The summed E-state index contributed by atoms with van der Waals surface area (Å²) in [6, 6.07) is 18.4. The van der Waals surface area contributed by atoms with Crippen LogP contribution in [0.2, 0.25) is 0 Å². The van der Waals surface area contributed by atoms with Crippen LogP contribution in [-0.2, 0) is 0 Å². The number of thiophene rings is 1. The van der Waals surface area contributed by atoms with E-state index in [2.05, 4.69) is 6.07 Å². The molecule has 2 nitrogen and oxygen atoms in total. The molecule has 0 unspecified atom stereocenters. The minimum absolute atomic E-state index is 0.657. The molecule has 0 radical (unpaired) electrons. The molecule has 0 amide bonds. The summed E-state index contributed by atoms with van der Waals surface area (Å²) in [6.07, 6.45) is 1.99. The Bertz CT molecular complexity index is 788. The van der Waals surface area contributed by atoms with E-state index >= 15 is 0 Å². The van der Waals surface area contributed by atoms with Crippen LogP contribution in [-0.4, -0.2) is 11.2 Å². The van der Waals surface area contributed by atoms with Crippen molar-refractivity contribution < 1.29 is 0 Å². The second-order valence-electron chi connectivity index (χ2n) is 4.39. The zero-order valence-electron chi connectivity index (χ0n) is 11.4. The molecule has 0 spiro atoms. The summed E-state index contributed by atoms with van der Waals surface area (Å²) < 4.78 is 0. The highest BCUT2D eigenvalue weighted by Crippen LogP contribution is 2.34. The van der Waals surface area contributed by atoms with E-state index in [9.17, 15) is 5.26 Å². The van der Waals surface area contributed by atoms with Crippen molar-refractivity contribution in [1.82, 2.24) is 4.98 Å². The molecular formula is C17H12N2S2. The molecule has 0 aliphatic rings. The van der Waals surface area contributed by atoms with Gasteiger partial charge >= 0.3 is 0 Å². The molecule has 0 N–H and O–H groups in total. The number of aromatic nitrogens is 1. The Labute approximate surface area is 132 Å². The van der Waals surface area contributed by atoms with Gasteiger partial charge in [0.1, 0.15) is 6.07 Å². The second kappa shape index (κ2) is 6.13. The first-order valence-corrected chi connectivity index (χ1v) is 8.52. The van der Waals surface area contributed by atoms with Gasteiger partial charge in [0, 0.05) is 10.5 Å². The van der Waals surface area contributed by atoms with Gasteiger partial charge in [-0.2, -0.15) is 5.26 Å². The summed E-state index contributed by atoms with van der Waals surface area (Å²) in [7, 11) is 0. The van der Waals surface area contributed by atoms with Gasteiger partial charge in [0.15, 0.2) is 0 Å². The molecule has 2 heterocycles. The molecule has 0 fully saturated rings. The van der Waals surface area contributed by atoms with E-state index < -0.39 is 0 Å². The van der Waals surface area contributed by atoms with Gasteiger partial charge in [0.2, 0.25) is 0 Å². The molecule has 0 atom stereocenters. The number of nitrogens with zero attached hydrogens (tertiary/aromatic N) is 2. The lowest BCUT2D eigenvalue weighted by atomic mass is 10.1. The van der Waals surface area contributed by atoms with Gasteiger partial charge in [-0.3, -0.25) is 0 Å². The third-order valence-electron chi connectivity index (χ3n) is 3.14. The number of rotatable bonds is 3. The molecule has 3 rings (SSSR count). The minimum atomic E-state index is 0.657.